The summed E-state index contributed by atoms with van der Waals surface area (Å²) in [6.07, 6.45) is 3.36. The highest BCUT2D eigenvalue weighted by Crippen LogP contribution is 2.14. The van der Waals surface area contributed by atoms with Crippen molar-refractivity contribution in [1.29, 1.82) is 0 Å². The van der Waals surface area contributed by atoms with Crippen LogP contribution in [0.5, 0.6) is 0 Å². The van der Waals surface area contributed by atoms with Gasteiger partial charge in [-0.2, -0.15) is 11.8 Å². The average Bonchev–Trinajstić information content (AvgIpc) is 2.34. The van der Waals surface area contributed by atoms with Gasteiger partial charge in [0, 0.05) is 18.8 Å². The normalized spacial score (nSPS) is 10.2. The Kier molecular flexibility index (Phi) is 6.55. The lowest BCUT2D eigenvalue weighted by molar-refractivity contribution is -0.136. The van der Waals surface area contributed by atoms with Crippen LogP contribution in [0.3, 0.4) is 0 Å². The van der Waals surface area contributed by atoms with E-state index in [1.165, 1.54) is 0 Å². The molecular formula is C13H19NO2S. The van der Waals surface area contributed by atoms with Gasteiger partial charge in [0.05, 0.1) is 6.42 Å². The summed E-state index contributed by atoms with van der Waals surface area (Å²) in [6.45, 7) is 1.49. The first-order chi connectivity index (χ1) is 8.24. The van der Waals surface area contributed by atoms with Crippen molar-refractivity contribution < 1.29 is 9.90 Å². The van der Waals surface area contributed by atoms with Gasteiger partial charge in [-0.25, -0.2) is 0 Å². The number of hydrogen-bond donors (Lipinski definition) is 1. The van der Waals surface area contributed by atoms with Crippen LogP contribution < -0.4 is 4.90 Å². The summed E-state index contributed by atoms with van der Waals surface area (Å²) in [5.41, 5.74) is 1.11. The molecule has 0 bridgehead atoms. The van der Waals surface area contributed by atoms with Gasteiger partial charge in [0.1, 0.15) is 0 Å². The third-order valence-corrected chi connectivity index (χ3v) is 3.19. The highest BCUT2D eigenvalue weighted by molar-refractivity contribution is 7.98. The first-order valence-corrected chi connectivity index (χ1v) is 7.14. The monoisotopic (exact) mass is 253 g/mol. The van der Waals surface area contributed by atoms with E-state index in [2.05, 4.69) is 11.2 Å². The van der Waals surface area contributed by atoms with E-state index in [1.54, 1.807) is 0 Å². The van der Waals surface area contributed by atoms with Gasteiger partial charge < -0.3 is 10.0 Å². The second-order valence-corrected chi connectivity index (χ2v) is 4.80. The molecule has 0 saturated carbocycles. The second kappa shape index (κ2) is 8.01. The van der Waals surface area contributed by atoms with E-state index in [-0.39, 0.29) is 6.42 Å². The molecule has 1 rings (SSSR count). The summed E-state index contributed by atoms with van der Waals surface area (Å²) in [7, 11) is 0. The predicted molar refractivity (Wildman–Crippen MR) is 73.9 cm³/mol. The molecule has 94 valence electrons. The van der Waals surface area contributed by atoms with E-state index < -0.39 is 5.97 Å². The molecule has 0 spiro atoms. The Bertz CT molecular complexity index is 329. The molecule has 0 radical (unpaired) electrons. The van der Waals surface area contributed by atoms with Gasteiger partial charge in [-0.1, -0.05) is 18.2 Å². The molecule has 1 aromatic rings. The van der Waals surface area contributed by atoms with E-state index in [0.29, 0.717) is 6.54 Å². The Morgan fingerprint density at radius 2 is 2.00 bits per heavy atom. The fourth-order valence-corrected chi connectivity index (χ4v) is 2.06. The van der Waals surface area contributed by atoms with Crippen LogP contribution in [0.2, 0.25) is 0 Å². The highest BCUT2D eigenvalue weighted by atomic mass is 32.2. The Labute approximate surface area is 107 Å². The number of hydrogen-bond acceptors (Lipinski definition) is 3. The summed E-state index contributed by atoms with van der Waals surface area (Å²) in [5, 5.41) is 8.75. The fraction of sp³-hybridized carbons (Fsp3) is 0.462. The highest BCUT2D eigenvalue weighted by Gasteiger charge is 2.07. The maximum absolute atomic E-state index is 10.6. The van der Waals surface area contributed by atoms with Crippen LogP contribution in [0.1, 0.15) is 12.8 Å². The molecule has 0 aliphatic carbocycles. The van der Waals surface area contributed by atoms with E-state index >= 15 is 0 Å². The number of nitrogens with zero attached hydrogens (tertiary/aromatic N) is 1. The maximum atomic E-state index is 10.6. The number of anilines is 1. The molecule has 0 atom stereocenters. The lowest BCUT2D eigenvalue weighted by Gasteiger charge is -2.24. The van der Waals surface area contributed by atoms with Crippen molar-refractivity contribution in [2.75, 3.05) is 30.0 Å². The van der Waals surface area contributed by atoms with E-state index in [9.17, 15) is 4.79 Å². The van der Waals surface area contributed by atoms with Gasteiger partial charge >= 0.3 is 5.97 Å². The lowest BCUT2D eigenvalue weighted by atomic mass is 10.2. The van der Waals surface area contributed by atoms with Crippen LogP contribution in [-0.4, -0.2) is 36.2 Å². The van der Waals surface area contributed by atoms with Gasteiger partial charge in [0.15, 0.2) is 0 Å². The molecule has 0 heterocycles. The minimum atomic E-state index is -0.740. The van der Waals surface area contributed by atoms with Crippen LogP contribution in [0.15, 0.2) is 30.3 Å². The van der Waals surface area contributed by atoms with Crippen LogP contribution in [0, 0.1) is 0 Å². The van der Waals surface area contributed by atoms with Crippen molar-refractivity contribution in [1.82, 2.24) is 0 Å². The van der Waals surface area contributed by atoms with Crippen LogP contribution in [-0.2, 0) is 4.79 Å². The van der Waals surface area contributed by atoms with Crippen molar-refractivity contribution in [3.63, 3.8) is 0 Å². The fourth-order valence-electron chi connectivity index (χ4n) is 1.64. The largest absolute Gasteiger partial charge is 0.481 e. The van der Waals surface area contributed by atoms with Crippen molar-refractivity contribution in [3.8, 4) is 0 Å². The van der Waals surface area contributed by atoms with Crippen LogP contribution in [0.25, 0.3) is 0 Å². The molecule has 17 heavy (non-hydrogen) atoms. The zero-order chi connectivity index (χ0) is 12.5. The number of carboxylic acids is 1. The molecule has 0 saturated heterocycles. The van der Waals surface area contributed by atoms with Crippen molar-refractivity contribution >= 4 is 23.4 Å². The van der Waals surface area contributed by atoms with Crippen molar-refractivity contribution in [2.24, 2.45) is 0 Å². The maximum Gasteiger partial charge on any atom is 0.305 e. The first kappa shape index (κ1) is 13.9. The minimum absolute atomic E-state index is 0.189. The SMILES string of the molecule is CSCCCN(CCC(=O)O)c1ccccc1. The molecule has 0 amide bonds. The summed E-state index contributed by atoms with van der Waals surface area (Å²) in [6, 6.07) is 10.00. The van der Waals surface area contributed by atoms with E-state index in [0.717, 1.165) is 24.4 Å². The molecule has 4 heteroatoms. The number of rotatable bonds is 8. The number of thioether (sulfide) groups is 1. The first-order valence-electron chi connectivity index (χ1n) is 5.74. The molecule has 0 fully saturated rings. The molecule has 0 unspecified atom stereocenters. The summed E-state index contributed by atoms with van der Waals surface area (Å²) in [5.74, 6) is 0.368. The smallest absolute Gasteiger partial charge is 0.305 e. The van der Waals surface area contributed by atoms with Gasteiger partial charge in [-0.05, 0) is 30.6 Å². The summed E-state index contributed by atoms with van der Waals surface area (Å²) < 4.78 is 0. The van der Waals surface area contributed by atoms with Crippen molar-refractivity contribution in [2.45, 2.75) is 12.8 Å². The standard InChI is InChI=1S/C13H19NO2S/c1-17-11-5-9-14(10-8-13(15)16)12-6-3-2-4-7-12/h2-4,6-7H,5,8-11H2,1H3,(H,15,16). The third kappa shape index (κ3) is 5.63. The Morgan fingerprint density at radius 1 is 1.29 bits per heavy atom. The third-order valence-electron chi connectivity index (χ3n) is 2.49. The predicted octanol–water partition coefficient (Wildman–Crippen LogP) is 2.72. The molecule has 0 aromatic heterocycles. The molecule has 1 aromatic carbocycles. The quantitative estimate of drug-likeness (QED) is 0.723. The Hall–Kier alpha value is -1.16. The number of aliphatic carboxylic acids is 1. The Morgan fingerprint density at radius 3 is 2.59 bits per heavy atom. The molecule has 1 N–H and O–H groups in total. The Balaban J connectivity index is 2.55. The zero-order valence-corrected chi connectivity index (χ0v) is 10.9. The molecular weight excluding hydrogens is 234 g/mol. The van der Waals surface area contributed by atoms with Crippen LogP contribution in [0.4, 0.5) is 5.69 Å². The van der Waals surface area contributed by atoms with Gasteiger partial charge in [-0.15, -0.1) is 0 Å². The topological polar surface area (TPSA) is 40.5 Å². The number of para-hydroxylation sites is 1. The number of carboxylic acid groups (broad SMARTS) is 1. The van der Waals surface area contributed by atoms with Crippen molar-refractivity contribution in [3.05, 3.63) is 30.3 Å². The number of benzene rings is 1. The average molecular weight is 253 g/mol. The van der Waals surface area contributed by atoms with Gasteiger partial charge in [-0.3, -0.25) is 4.79 Å². The second-order valence-electron chi connectivity index (χ2n) is 3.81. The molecule has 3 nitrogen and oxygen atoms in total. The zero-order valence-electron chi connectivity index (χ0n) is 10.1. The summed E-state index contributed by atoms with van der Waals surface area (Å²) >= 11 is 1.82. The lowest BCUT2D eigenvalue weighted by Crippen LogP contribution is -2.27. The van der Waals surface area contributed by atoms with Gasteiger partial charge in [0.2, 0.25) is 0 Å². The summed E-state index contributed by atoms with van der Waals surface area (Å²) in [4.78, 5) is 12.8. The van der Waals surface area contributed by atoms with Crippen LogP contribution >= 0.6 is 11.8 Å². The molecule has 0 aliphatic heterocycles. The minimum Gasteiger partial charge on any atom is -0.481 e. The van der Waals surface area contributed by atoms with E-state index in [1.807, 2.05) is 42.1 Å². The van der Waals surface area contributed by atoms with E-state index in [4.69, 9.17) is 5.11 Å². The molecule has 0 aliphatic rings. The number of carbonyl (C=O) groups is 1. The van der Waals surface area contributed by atoms with Gasteiger partial charge in [0.25, 0.3) is 0 Å².